The third kappa shape index (κ3) is 6.74. The van der Waals surface area contributed by atoms with Gasteiger partial charge in [-0.1, -0.05) is 51.1 Å². The lowest BCUT2D eigenvalue weighted by Gasteiger charge is -2.29. The maximum absolute atomic E-state index is 6.21. The van der Waals surface area contributed by atoms with Crippen LogP contribution in [0.25, 0.3) is 22.3 Å². The summed E-state index contributed by atoms with van der Waals surface area (Å²) in [5.41, 5.74) is 22.3. The van der Waals surface area contributed by atoms with Crippen molar-refractivity contribution in [2.45, 2.75) is 40.2 Å². The molecular weight excluding hydrogens is 466 g/mol. The zero-order valence-electron chi connectivity index (χ0n) is 23.5. The third-order valence-corrected chi connectivity index (χ3v) is 6.47. The zero-order chi connectivity index (χ0) is 27.7. The van der Waals surface area contributed by atoms with Crippen LogP contribution in [0, 0.1) is 0 Å². The first-order valence-corrected chi connectivity index (χ1v) is 13.3. The molecular formula is C33H41N5. The molecule has 0 spiro atoms. The molecule has 4 rings (SSSR count). The van der Waals surface area contributed by atoms with E-state index in [1.54, 1.807) is 0 Å². The van der Waals surface area contributed by atoms with Crippen molar-refractivity contribution < 1.29 is 0 Å². The molecule has 5 N–H and O–H groups in total. The minimum Gasteiger partial charge on any atom is -0.402 e. The summed E-state index contributed by atoms with van der Waals surface area (Å²) in [6.07, 6.45) is 11.4. The lowest BCUT2D eigenvalue weighted by Crippen LogP contribution is -2.21. The van der Waals surface area contributed by atoms with Crippen molar-refractivity contribution in [1.82, 2.24) is 9.88 Å². The predicted molar refractivity (Wildman–Crippen MR) is 165 cm³/mol. The summed E-state index contributed by atoms with van der Waals surface area (Å²) in [5.74, 6) is 0. The Morgan fingerprint density at radius 3 is 2.45 bits per heavy atom. The van der Waals surface area contributed by atoms with Crippen LogP contribution in [0.5, 0.6) is 0 Å². The van der Waals surface area contributed by atoms with E-state index in [0.717, 1.165) is 62.7 Å². The molecule has 0 bridgehead atoms. The van der Waals surface area contributed by atoms with Gasteiger partial charge >= 0.3 is 0 Å². The number of benzene rings is 2. The smallest absolute Gasteiger partial charge is 0.0897 e. The van der Waals surface area contributed by atoms with Gasteiger partial charge in [0, 0.05) is 37.4 Å². The average molecular weight is 508 g/mol. The molecule has 1 aromatic heterocycles. The summed E-state index contributed by atoms with van der Waals surface area (Å²) in [6.45, 7) is 8.07. The Bertz CT molecular complexity index is 1360. The van der Waals surface area contributed by atoms with Crippen molar-refractivity contribution in [2.75, 3.05) is 25.1 Å². The van der Waals surface area contributed by atoms with Gasteiger partial charge in [0.25, 0.3) is 0 Å². The minimum absolute atomic E-state index is 0.0337. The summed E-state index contributed by atoms with van der Waals surface area (Å²) in [5, 5.41) is 3.23. The van der Waals surface area contributed by atoms with Gasteiger partial charge < -0.3 is 21.7 Å². The first-order valence-electron chi connectivity index (χ1n) is 13.3. The van der Waals surface area contributed by atoms with Gasteiger partial charge in [0.05, 0.1) is 17.4 Å². The number of allylic oxidation sites excluding steroid dienone is 6. The second-order valence-electron chi connectivity index (χ2n) is 8.99. The molecule has 3 aromatic rings. The third-order valence-electron chi connectivity index (χ3n) is 6.47. The van der Waals surface area contributed by atoms with E-state index in [4.69, 9.17) is 16.5 Å². The maximum Gasteiger partial charge on any atom is 0.0897 e. The average Bonchev–Trinajstić information content (AvgIpc) is 2.96. The Morgan fingerprint density at radius 2 is 1.76 bits per heavy atom. The van der Waals surface area contributed by atoms with Gasteiger partial charge in [0.15, 0.2) is 0 Å². The molecule has 0 aliphatic carbocycles. The number of hydrogen-bond donors (Lipinski definition) is 3. The number of likely N-dealkylation sites (N-methyl/N-ethyl adjacent to an activating group) is 1. The molecule has 38 heavy (non-hydrogen) atoms. The minimum atomic E-state index is -0.0337. The lowest BCUT2D eigenvalue weighted by atomic mass is 9.95. The maximum atomic E-state index is 6.21. The van der Waals surface area contributed by atoms with Crippen molar-refractivity contribution in [3.8, 4) is 11.1 Å². The highest BCUT2D eigenvalue weighted by molar-refractivity contribution is 5.79. The highest BCUT2D eigenvalue weighted by Crippen LogP contribution is 2.34. The fourth-order valence-electron chi connectivity index (χ4n) is 4.32. The summed E-state index contributed by atoms with van der Waals surface area (Å²) < 4.78 is 0. The topological polar surface area (TPSA) is 80.2 Å². The van der Waals surface area contributed by atoms with E-state index in [-0.39, 0.29) is 6.04 Å². The number of nitrogens with two attached hydrogens (primary N) is 2. The van der Waals surface area contributed by atoms with Gasteiger partial charge in [-0.25, -0.2) is 0 Å². The van der Waals surface area contributed by atoms with Gasteiger partial charge in [-0.15, -0.1) is 0 Å². The zero-order valence-corrected chi connectivity index (χ0v) is 23.5. The first kappa shape index (κ1) is 28.3. The summed E-state index contributed by atoms with van der Waals surface area (Å²) in [7, 11) is 4.02. The number of pyridine rings is 1. The van der Waals surface area contributed by atoms with E-state index in [1.807, 2.05) is 52.1 Å². The summed E-state index contributed by atoms with van der Waals surface area (Å²) >= 11 is 0. The number of hydrogen-bond acceptors (Lipinski definition) is 5. The van der Waals surface area contributed by atoms with Crippen molar-refractivity contribution in [1.29, 1.82) is 0 Å². The number of nitrogens with zero attached hydrogens (tertiary/aromatic N) is 2. The number of aromatic nitrogens is 1. The first-order chi connectivity index (χ1) is 18.4. The molecule has 198 valence electrons. The van der Waals surface area contributed by atoms with Crippen LogP contribution >= 0.6 is 0 Å². The normalized spacial score (nSPS) is 15.5. The molecule has 0 saturated carbocycles. The van der Waals surface area contributed by atoms with E-state index in [2.05, 4.69) is 91.1 Å². The summed E-state index contributed by atoms with van der Waals surface area (Å²) in [6, 6.07) is 20.7. The lowest BCUT2D eigenvalue weighted by molar-refractivity contribution is 0.384. The molecule has 2 heterocycles. The number of anilines is 2. The van der Waals surface area contributed by atoms with Gasteiger partial charge in [0.2, 0.25) is 0 Å². The van der Waals surface area contributed by atoms with Crippen LogP contribution in [-0.2, 0) is 0 Å². The quantitative estimate of drug-likeness (QED) is 0.226. The van der Waals surface area contributed by atoms with E-state index in [9.17, 15) is 0 Å². The number of nitrogen functional groups attached to an aromatic ring is 1. The van der Waals surface area contributed by atoms with Gasteiger partial charge in [0.1, 0.15) is 0 Å². The Kier molecular flexibility index (Phi) is 9.94. The molecule has 1 unspecified atom stereocenters. The van der Waals surface area contributed by atoms with Crippen molar-refractivity contribution in [3.05, 3.63) is 114 Å². The number of nitrogens with one attached hydrogen (secondary N) is 1. The van der Waals surface area contributed by atoms with Crippen LogP contribution < -0.4 is 16.8 Å². The summed E-state index contributed by atoms with van der Waals surface area (Å²) in [4.78, 5) is 7.33. The molecule has 0 amide bonds. The highest BCUT2D eigenvalue weighted by Gasteiger charge is 2.21. The van der Waals surface area contributed by atoms with E-state index >= 15 is 0 Å². The molecule has 2 aromatic carbocycles. The molecule has 1 aliphatic rings. The monoisotopic (exact) mass is 507 g/mol. The van der Waals surface area contributed by atoms with Crippen LogP contribution in [0.15, 0.2) is 96.9 Å². The molecule has 0 radical (unpaired) electrons. The molecule has 5 heteroatoms. The molecule has 5 nitrogen and oxygen atoms in total. The van der Waals surface area contributed by atoms with Gasteiger partial charge in [-0.05, 0) is 95.8 Å². The standard InChI is InChI=1S/C31H35N5.C2H6/c1-5-21(15-26(32)6-2)29-18-25(22-9-7-11-27(33)16-22)19-30(35-29)31-20-24(13-14-36(31)4)23-10-8-12-28(17-23)34-3;1-2/h5,7-20,31,34H,6,32-33H2,1-4H3;1-2H3/b21-5+,26-15+;. The van der Waals surface area contributed by atoms with Crippen LogP contribution in [0.1, 0.15) is 57.1 Å². The Balaban J connectivity index is 0.00000195. The van der Waals surface area contributed by atoms with Crippen LogP contribution in [-0.4, -0.2) is 24.0 Å². The van der Waals surface area contributed by atoms with E-state index in [0.29, 0.717) is 0 Å². The Labute approximate surface area is 228 Å². The fraction of sp³-hybridized carbons (Fsp3) is 0.242. The SMILES string of the molecule is C/C=C(\C=C(\N)CC)c1cc(-c2cccc(N)c2)cc(C2C=C(c3cccc(NC)c3)C=CN2C)n1.CC. The molecule has 1 atom stereocenters. The fourth-order valence-corrected chi connectivity index (χ4v) is 4.32. The van der Waals surface area contributed by atoms with Crippen molar-refractivity contribution in [2.24, 2.45) is 5.73 Å². The second-order valence-corrected chi connectivity index (χ2v) is 8.99. The Hall–Kier alpha value is -4.25. The molecule has 0 saturated heterocycles. The van der Waals surface area contributed by atoms with Crippen molar-refractivity contribution >= 4 is 22.5 Å². The van der Waals surface area contributed by atoms with Crippen LogP contribution in [0.4, 0.5) is 11.4 Å². The largest absolute Gasteiger partial charge is 0.402 e. The van der Waals surface area contributed by atoms with E-state index in [1.165, 1.54) is 0 Å². The highest BCUT2D eigenvalue weighted by atomic mass is 15.1. The van der Waals surface area contributed by atoms with Crippen molar-refractivity contribution in [3.63, 3.8) is 0 Å². The van der Waals surface area contributed by atoms with Gasteiger partial charge in [-0.3, -0.25) is 4.98 Å². The molecule has 0 fully saturated rings. The predicted octanol–water partition coefficient (Wildman–Crippen LogP) is 7.64. The molecule has 1 aliphatic heterocycles. The Morgan fingerprint density at radius 1 is 1.03 bits per heavy atom. The van der Waals surface area contributed by atoms with Gasteiger partial charge in [-0.2, -0.15) is 0 Å². The number of rotatable bonds is 7. The second kappa shape index (κ2) is 13.3. The van der Waals surface area contributed by atoms with Crippen LogP contribution in [0.3, 0.4) is 0 Å². The van der Waals surface area contributed by atoms with E-state index < -0.39 is 0 Å². The van der Waals surface area contributed by atoms with Crippen LogP contribution in [0.2, 0.25) is 0 Å².